The van der Waals surface area contributed by atoms with Gasteiger partial charge in [-0.2, -0.15) is 0 Å². The lowest BCUT2D eigenvalue weighted by atomic mass is 9.98. The molecule has 1 aliphatic heterocycles. The van der Waals surface area contributed by atoms with Gasteiger partial charge in [0.1, 0.15) is 0 Å². The van der Waals surface area contributed by atoms with Crippen LogP contribution in [0.15, 0.2) is 0 Å². The summed E-state index contributed by atoms with van der Waals surface area (Å²) in [6.07, 6.45) is 0.342. The summed E-state index contributed by atoms with van der Waals surface area (Å²) in [5.74, 6) is 0. The van der Waals surface area contributed by atoms with Crippen molar-refractivity contribution in [2.24, 2.45) is 5.73 Å². The molecule has 0 aromatic heterocycles. The van der Waals surface area contributed by atoms with Crippen LogP contribution in [0, 0.1) is 0 Å². The third kappa shape index (κ3) is 1.48. The molecule has 3 heteroatoms. The molecule has 1 heterocycles. The first kappa shape index (κ1) is 7.98. The zero-order valence-electron chi connectivity index (χ0n) is 6.45. The van der Waals surface area contributed by atoms with Crippen molar-refractivity contribution >= 4 is 0 Å². The van der Waals surface area contributed by atoms with Crippen molar-refractivity contribution in [2.45, 2.75) is 44.6 Å². The predicted octanol–water partition coefficient (Wildman–Crippen LogP) is -0.128. The maximum atomic E-state index is 9.31. The maximum absolute atomic E-state index is 9.31. The van der Waals surface area contributed by atoms with Crippen molar-refractivity contribution in [1.82, 2.24) is 0 Å². The zero-order valence-corrected chi connectivity index (χ0v) is 6.45. The molecule has 1 aliphatic rings. The van der Waals surface area contributed by atoms with Gasteiger partial charge in [-0.25, -0.2) is 0 Å². The molecule has 1 fully saturated rings. The molecule has 0 radical (unpaired) electrons. The van der Waals surface area contributed by atoms with Crippen LogP contribution < -0.4 is 5.73 Å². The minimum Gasteiger partial charge on any atom is -0.389 e. The van der Waals surface area contributed by atoms with Gasteiger partial charge in [0.25, 0.3) is 0 Å². The summed E-state index contributed by atoms with van der Waals surface area (Å²) in [7, 11) is 0. The number of hydrogen-bond acceptors (Lipinski definition) is 3. The summed E-state index contributed by atoms with van der Waals surface area (Å²) >= 11 is 0. The Hall–Kier alpha value is -0.120. The molecule has 4 atom stereocenters. The van der Waals surface area contributed by atoms with E-state index in [1.807, 2.05) is 13.8 Å². The Morgan fingerprint density at radius 1 is 1.50 bits per heavy atom. The van der Waals surface area contributed by atoms with Crippen molar-refractivity contribution in [2.75, 3.05) is 0 Å². The highest BCUT2D eigenvalue weighted by atomic mass is 16.5. The van der Waals surface area contributed by atoms with Crippen LogP contribution in [0.2, 0.25) is 0 Å². The van der Waals surface area contributed by atoms with E-state index in [-0.39, 0.29) is 18.2 Å². The van der Waals surface area contributed by atoms with Crippen LogP contribution in [-0.2, 0) is 4.74 Å². The average Bonchev–Trinajstić information content (AvgIpc) is 1.82. The van der Waals surface area contributed by atoms with E-state index in [0.717, 1.165) is 6.42 Å². The molecular weight excluding hydrogens is 130 g/mol. The molecule has 0 bridgehead atoms. The fourth-order valence-corrected chi connectivity index (χ4v) is 1.37. The van der Waals surface area contributed by atoms with Crippen LogP contribution in [0.5, 0.6) is 0 Å². The first-order chi connectivity index (χ1) is 4.61. The van der Waals surface area contributed by atoms with Crippen LogP contribution >= 0.6 is 0 Å². The van der Waals surface area contributed by atoms with Crippen molar-refractivity contribution < 1.29 is 9.84 Å². The highest BCUT2D eigenvalue weighted by Gasteiger charge is 2.30. The molecule has 1 rings (SSSR count). The lowest BCUT2D eigenvalue weighted by Crippen LogP contribution is -2.50. The summed E-state index contributed by atoms with van der Waals surface area (Å²) < 4.78 is 5.34. The topological polar surface area (TPSA) is 55.5 Å². The highest BCUT2D eigenvalue weighted by Crippen LogP contribution is 2.17. The minimum absolute atomic E-state index is 0.112. The van der Waals surface area contributed by atoms with Crippen molar-refractivity contribution in [3.05, 3.63) is 0 Å². The Balaban J connectivity index is 2.49. The SMILES string of the molecule is C[C@@H]1O[C@@H](C)C[C@H](N)C1O. The third-order valence-electron chi connectivity index (χ3n) is 1.97. The van der Waals surface area contributed by atoms with Gasteiger partial charge in [-0.1, -0.05) is 0 Å². The van der Waals surface area contributed by atoms with Crippen molar-refractivity contribution in [3.63, 3.8) is 0 Å². The molecule has 10 heavy (non-hydrogen) atoms. The molecule has 0 spiro atoms. The lowest BCUT2D eigenvalue weighted by Gasteiger charge is -2.34. The summed E-state index contributed by atoms with van der Waals surface area (Å²) in [5, 5.41) is 9.31. The Bertz CT molecular complexity index is 106. The molecule has 0 aliphatic carbocycles. The maximum Gasteiger partial charge on any atom is 0.0950 e. The van der Waals surface area contributed by atoms with Gasteiger partial charge in [0.05, 0.1) is 18.3 Å². The number of ether oxygens (including phenoxy) is 1. The second-order valence-electron chi connectivity index (χ2n) is 3.04. The van der Waals surface area contributed by atoms with E-state index in [0.29, 0.717) is 0 Å². The number of aliphatic hydroxyl groups is 1. The van der Waals surface area contributed by atoms with E-state index in [9.17, 15) is 5.11 Å². The molecule has 60 valence electrons. The summed E-state index contributed by atoms with van der Waals surface area (Å²) in [6.45, 7) is 3.82. The molecule has 3 nitrogen and oxygen atoms in total. The van der Waals surface area contributed by atoms with Crippen LogP contribution in [0.3, 0.4) is 0 Å². The highest BCUT2D eigenvalue weighted by molar-refractivity contribution is 4.84. The van der Waals surface area contributed by atoms with Gasteiger partial charge in [0.15, 0.2) is 0 Å². The van der Waals surface area contributed by atoms with Crippen LogP contribution in [0.1, 0.15) is 20.3 Å². The second kappa shape index (κ2) is 2.86. The van der Waals surface area contributed by atoms with Gasteiger partial charge >= 0.3 is 0 Å². The molecule has 1 saturated heterocycles. The Labute approximate surface area is 61.2 Å². The summed E-state index contributed by atoms with van der Waals surface area (Å²) in [5.41, 5.74) is 5.63. The number of aliphatic hydroxyl groups excluding tert-OH is 1. The quantitative estimate of drug-likeness (QED) is 0.499. The molecule has 1 unspecified atom stereocenters. The molecular formula is C7H15NO2. The molecule has 0 aromatic carbocycles. The van der Waals surface area contributed by atoms with Crippen LogP contribution in [0.25, 0.3) is 0 Å². The van der Waals surface area contributed by atoms with Gasteiger partial charge < -0.3 is 15.6 Å². The van der Waals surface area contributed by atoms with E-state index >= 15 is 0 Å². The molecule has 3 N–H and O–H groups in total. The number of nitrogens with two attached hydrogens (primary N) is 1. The van der Waals surface area contributed by atoms with Crippen molar-refractivity contribution in [3.8, 4) is 0 Å². The standard InChI is InChI=1S/C7H15NO2/c1-4-3-6(8)7(9)5(2)10-4/h4-7,9H,3,8H2,1-2H3/t4-,5-,6-,7?/m0/s1. The van der Waals surface area contributed by atoms with E-state index < -0.39 is 6.10 Å². The monoisotopic (exact) mass is 145 g/mol. The largest absolute Gasteiger partial charge is 0.389 e. The lowest BCUT2D eigenvalue weighted by molar-refractivity contribution is -0.110. The summed E-state index contributed by atoms with van der Waals surface area (Å²) in [4.78, 5) is 0. The van der Waals surface area contributed by atoms with Gasteiger partial charge in [-0.3, -0.25) is 0 Å². The van der Waals surface area contributed by atoms with E-state index in [2.05, 4.69) is 0 Å². The smallest absolute Gasteiger partial charge is 0.0950 e. The Kier molecular flexibility index (Phi) is 2.28. The van der Waals surface area contributed by atoms with Gasteiger partial charge in [0.2, 0.25) is 0 Å². The molecule has 0 saturated carbocycles. The number of hydrogen-bond donors (Lipinski definition) is 2. The van der Waals surface area contributed by atoms with E-state index in [1.54, 1.807) is 0 Å². The van der Waals surface area contributed by atoms with Gasteiger partial charge in [0, 0.05) is 6.04 Å². The zero-order chi connectivity index (χ0) is 7.72. The predicted molar refractivity (Wildman–Crippen MR) is 38.6 cm³/mol. The third-order valence-corrected chi connectivity index (χ3v) is 1.97. The van der Waals surface area contributed by atoms with E-state index in [4.69, 9.17) is 10.5 Å². The fraction of sp³-hybridized carbons (Fsp3) is 1.00. The van der Waals surface area contributed by atoms with Gasteiger partial charge in [-0.05, 0) is 20.3 Å². The first-order valence-electron chi connectivity index (χ1n) is 3.70. The van der Waals surface area contributed by atoms with Crippen molar-refractivity contribution in [1.29, 1.82) is 0 Å². The molecule has 0 amide bonds. The number of rotatable bonds is 0. The normalized spacial score (nSPS) is 49.2. The second-order valence-corrected chi connectivity index (χ2v) is 3.04. The van der Waals surface area contributed by atoms with Crippen LogP contribution in [0.4, 0.5) is 0 Å². The van der Waals surface area contributed by atoms with Crippen LogP contribution in [-0.4, -0.2) is 29.5 Å². The average molecular weight is 145 g/mol. The Morgan fingerprint density at radius 3 is 2.60 bits per heavy atom. The minimum atomic E-state index is -0.490. The fourth-order valence-electron chi connectivity index (χ4n) is 1.37. The Morgan fingerprint density at radius 2 is 2.10 bits per heavy atom. The van der Waals surface area contributed by atoms with Gasteiger partial charge in [-0.15, -0.1) is 0 Å². The summed E-state index contributed by atoms with van der Waals surface area (Å²) in [6, 6.07) is -0.112. The van der Waals surface area contributed by atoms with E-state index in [1.165, 1.54) is 0 Å². The first-order valence-corrected chi connectivity index (χ1v) is 3.70. The molecule has 0 aromatic rings.